The normalized spacial score (nSPS) is 12.8. The Hall–Kier alpha value is -9.54. The van der Waals surface area contributed by atoms with E-state index in [1.165, 1.54) is 130 Å². The van der Waals surface area contributed by atoms with Crippen LogP contribution in [0.4, 0.5) is 17.1 Å². The Morgan fingerprint density at radius 1 is 0.295 bits per heavy atom. The largest absolute Gasteiger partial charge is 0.310 e. The lowest BCUT2D eigenvalue weighted by atomic mass is 9.81. The molecule has 15 aromatic rings. The molecule has 3 heteroatoms. The molecule has 0 saturated carbocycles. The molecule has 0 bridgehead atoms. The molecule has 0 saturated heterocycles. The van der Waals surface area contributed by atoms with E-state index in [0.717, 1.165) is 22.7 Å². The maximum Gasteiger partial charge on any atom is 0.0541 e. The van der Waals surface area contributed by atoms with Gasteiger partial charge in [-0.05, 0) is 179 Å². The van der Waals surface area contributed by atoms with Gasteiger partial charge in [0.25, 0.3) is 0 Å². The lowest BCUT2D eigenvalue weighted by molar-refractivity contribution is 0.660. The first-order valence-electron chi connectivity index (χ1n) is 27.1. The van der Waals surface area contributed by atoms with Crippen LogP contribution in [-0.2, 0) is 5.41 Å². The van der Waals surface area contributed by atoms with E-state index in [0.29, 0.717) is 0 Å². The molecule has 0 atom stereocenters. The minimum absolute atomic E-state index is 0.0817. The summed E-state index contributed by atoms with van der Waals surface area (Å²) >= 11 is 1.86. The Bertz CT molecular complexity index is 4890. The number of hydrogen-bond donors (Lipinski definition) is 0. The third-order valence-electron chi connectivity index (χ3n) is 17.0. The van der Waals surface area contributed by atoms with Gasteiger partial charge in [-0.2, -0.15) is 0 Å². The van der Waals surface area contributed by atoms with E-state index in [1.807, 2.05) is 11.3 Å². The summed E-state index contributed by atoms with van der Waals surface area (Å²) in [5.74, 6) is 0. The molecule has 2 aromatic heterocycles. The van der Waals surface area contributed by atoms with Gasteiger partial charge in [0.1, 0.15) is 0 Å². The molecule has 2 nitrogen and oxygen atoms in total. The summed E-state index contributed by atoms with van der Waals surface area (Å²) in [5.41, 5.74) is 19.5. The number of nitrogens with zero attached hydrogens (tertiary/aromatic N) is 2. The van der Waals surface area contributed by atoms with Crippen LogP contribution in [0.3, 0.4) is 0 Å². The maximum absolute atomic E-state index is 2.44. The SMILES string of the molecule is CC1(C)c2ccccc2-c2ccc(-c3ccc4c(c3)c3cc(-c5ccc(N(c6ccc7sc8ccccc8c7c6)c6ccc7c8ccccc8c8ccccc8c7c6)cc5)ccc3n4-c3ccc(-c4ccccc4)cc3)cc21. The van der Waals surface area contributed by atoms with Crippen LogP contribution in [0.15, 0.2) is 267 Å². The number of fused-ring (bicyclic) bond motifs is 15. The Morgan fingerprint density at radius 3 is 1.46 bits per heavy atom. The van der Waals surface area contributed by atoms with Crippen molar-refractivity contribution in [3.8, 4) is 50.2 Å². The van der Waals surface area contributed by atoms with E-state index in [4.69, 9.17) is 0 Å². The third-order valence-corrected chi connectivity index (χ3v) is 18.1. The third kappa shape index (κ3) is 6.88. The first-order valence-corrected chi connectivity index (χ1v) is 27.9. The number of hydrogen-bond acceptors (Lipinski definition) is 2. The molecule has 2 heterocycles. The second-order valence-corrected chi connectivity index (χ2v) is 22.7. The van der Waals surface area contributed by atoms with Crippen LogP contribution in [0, 0.1) is 0 Å². The van der Waals surface area contributed by atoms with Gasteiger partial charge >= 0.3 is 0 Å². The summed E-state index contributed by atoms with van der Waals surface area (Å²) in [6, 6.07) is 99.6. The molecule has 0 unspecified atom stereocenters. The standard InChI is InChI=1S/C75H50N2S/c1-75(2)69-22-12-10-20-62(69)63-37-28-52(44-70(63)75)51-30-40-72-67(43-51)66-42-50(29-39-71(66)77(72)54-33-24-48(25-34-54)47-14-4-3-5-15-47)49-26-31-53(32-27-49)76(56-36-41-74-68(46-56)64-21-11-13-23-73(64)78-74)55-35-38-61-59-18-7-6-16-57(59)58-17-8-9-19-60(58)65(61)45-55/h3-46H,1-2H3. The Kier molecular flexibility index (Phi) is 9.89. The van der Waals surface area contributed by atoms with Crippen molar-refractivity contribution < 1.29 is 0 Å². The molecule has 78 heavy (non-hydrogen) atoms. The van der Waals surface area contributed by atoms with E-state index in [1.54, 1.807) is 0 Å². The lowest BCUT2D eigenvalue weighted by Gasteiger charge is -2.26. The van der Waals surface area contributed by atoms with Gasteiger partial charge < -0.3 is 9.47 Å². The number of thiophene rings is 1. The average molecular weight is 1010 g/mol. The summed E-state index contributed by atoms with van der Waals surface area (Å²) in [5, 5.41) is 12.6. The van der Waals surface area contributed by atoms with Crippen LogP contribution in [0.1, 0.15) is 25.0 Å². The van der Waals surface area contributed by atoms with Crippen LogP contribution in [0.25, 0.3) is 124 Å². The quantitative estimate of drug-likeness (QED) is 0.144. The van der Waals surface area contributed by atoms with Gasteiger partial charge in [-0.25, -0.2) is 0 Å². The lowest BCUT2D eigenvalue weighted by Crippen LogP contribution is -2.14. The molecule has 0 spiro atoms. The smallest absolute Gasteiger partial charge is 0.0541 e. The topological polar surface area (TPSA) is 8.17 Å². The van der Waals surface area contributed by atoms with E-state index in [-0.39, 0.29) is 5.41 Å². The minimum atomic E-state index is -0.0817. The van der Waals surface area contributed by atoms with Gasteiger partial charge in [0.15, 0.2) is 0 Å². The van der Waals surface area contributed by atoms with Gasteiger partial charge in [0.2, 0.25) is 0 Å². The van der Waals surface area contributed by atoms with Crippen molar-refractivity contribution in [3.63, 3.8) is 0 Å². The molecule has 0 radical (unpaired) electrons. The molecule has 0 N–H and O–H groups in total. The molecule has 1 aliphatic rings. The highest BCUT2D eigenvalue weighted by atomic mass is 32.1. The zero-order chi connectivity index (χ0) is 51.6. The van der Waals surface area contributed by atoms with Crippen LogP contribution < -0.4 is 4.90 Å². The van der Waals surface area contributed by atoms with Gasteiger partial charge in [-0.15, -0.1) is 11.3 Å². The molecular formula is C75H50N2S. The van der Waals surface area contributed by atoms with Crippen molar-refractivity contribution in [1.82, 2.24) is 4.57 Å². The van der Waals surface area contributed by atoms with Crippen molar-refractivity contribution >= 4 is 103 Å². The second kappa shape index (κ2) is 17.2. The summed E-state index contributed by atoms with van der Waals surface area (Å²) in [6.45, 7) is 4.73. The molecule has 0 aliphatic heterocycles. The summed E-state index contributed by atoms with van der Waals surface area (Å²) in [7, 11) is 0. The summed E-state index contributed by atoms with van der Waals surface area (Å²) in [6.07, 6.45) is 0. The molecule has 366 valence electrons. The van der Waals surface area contributed by atoms with Gasteiger partial charge in [0, 0.05) is 59.1 Å². The van der Waals surface area contributed by atoms with Crippen LogP contribution in [0.2, 0.25) is 0 Å². The highest BCUT2D eigenvalue weighted by molar-refractivity contribution is 7.25. The number of aromatic nitrogens is 1. The molecule has 16 rings (SSSR count). The Balaban J connectivity index is 0.841. The van der Waals surface area contributed by atoms with Gasteiger partial charge in [-0.1, -0.05) is 190 Å². The Labute approximate surface area is 457 Å². The fourth-order valence-electron chi connectivity index (χ4n) is 13.1. The van der Waals surface area contributed by atoms with Crippen molar-refractivity contribution in [3.05, 3.63) is 278 Å². The first-order chi connectivity index (χ1) is 38.4. The van der Waals surface area contributed by atoms with E-state index in [2.05, 4.69) is 290 Å². The second-order valence-electron chi connectivity index (χ2n) is 21.6. The van der Waals surface area contributed by atoms with E-state index < -0.39 is 0 Å². The van der Waals surface area contributed by atoms with E-state index >= 15 is 0 Å². The highest BCUT2D eigenvalue weighted by Gasteiger charge is 2.35. The molecule has 0 amide bonds. The summed E-state index contributed by atoms with van der Waals surface area (Å²) in [4.78, 5) is 2.44. The van der Waals surface area contributed by atoms with Gasteiger partial charge in [0.05, 0.1) is 11.0 Å². The highest BCUT2D eigenvalue weighted by Crippen LogP contribution is 2.50. The molecule has 13 aromatic carbocycles. The first kappa shape index (κ1) is 44.7. The summed E-state index contributed by atoms with van der Waals surface area (Å²) < 4.78 is 5.04. The van der Waals surface area contributed by atoms with Crippen molar-refractivity contribution in [2.24, 2.45) is 0 Å². The fraction of sp³-hybridized carbons (Fsp3) is 0.0400. The molecule has 1 aliphatic carbocycles. The minimum Gasteiger partial charge on any atom is -0.310 e. The van der Waals surface area contributed by atoms with Crippen molar-refractivity contribution in [2.75, 3.05) is 4.90 Å². The van der Waals surface area contributed by atoms with Crippen LogP contribution >= 0.6 is 11.3 Å². The predicted molar refractivity (Wildman–Crippen MR) is 335 cm³/mol. The van der Waals surface area contributed by atoms with Gasteiger partial charge in [-0.3, -0.25) is 0 Å². The average Bonchev–Trinajstić information content (AvgIpc) is 4.25. The number of anilines is 3. The predicted octanol–water partition coefficient (Wildman–Crippen LogP) is 21.4. The van der Waals surface area contributed by atoms with Crippen molar-refractivity contribution in [1.29, 1.82) is 0 Å². The van der Waals surface area contributed by atoms with E-state index in [9.17, 15) is 0 Å². The zero-order valence-electron chi connectivity index (χ0n) is 43.2. The number of rotatable bonds is 7. The molecular weight excluding hydrogens is 961 g/mol. The zero-order valence-corrected chi connectivity index (χ0v) is 44.0. The van der Waals surface area contributed by atoms with Crippen LogP contribution in [-0.4, -0.2) is 4.57 Å². The maximum atomic E-state index is 2.44. The Morgan fingerprint density at radius 2 is 0.756 bits per heavy atom. The molecule has 0 fully saturated rings. The van der Waals surface area contributed by atoms with Crippen LogP contribution in [0.5, 0.6) is 0 Å². The number of benzene rings is 13. The van der Waals surface area contributed by atoms with Crippen molar-refractivity contribution in [2.45, 2.75) is 19.3 Å². The fourth-order valence-corrected chi connectivity index (χ4v) is 14.2. The monoisotopic (exact) mass is 1010 g/mol.